The third kappa shape index (κ3) is 3.57. The zero-order chi connectivity index (χ0) is 19.4. The molecule has 0 aliphatic heterocycles. The van der Waals surface area contributed by atoms with Gasteiger partial charge in [-0.25, -0.2) is 9.59 Å². The second-order valence-corrected chi connectivity index (χ2v) is 6.61. The Kier molecular flexibility index (Phi) is 5.57. The van der Waals surface area contributed by atoms with Gasteiger partial charge in [0.25, 0.3) is 0 Å². The van der Waals surface area contributed by atoms with E-state index in [2.05, 4.69) is 0 Å². The Bertz CT molecular complexity index is 958. The molecule has 6 heteroatoms. The minimum absolute atomic E-state index is 0.207. The summed E-state index contributed by atoms with van der Waals surface area (Å²) < 4.78 is 15.1. The van der Waals surface area contributed by atoms with E-state index >= 15 is 0 Å². The number of ether oxygens (including phenoxy) is 3. The molecule has 0 bridgehead atoms. The van der Waals surface area contributed by atoms with Crippen molar-refractivity contribution in [2.24, 2.45) is 0 Å². The molecule has 1 aromatic heterocycles. The Morgan fingerprint density at radius 3 is 1.96 bits per heavy atom. The van der Waals surface area contributed by atoms with E-state index in [9.17, 15) is 9.59 Å². The standard InChI is InChI=1S/C21H18O5S/c1-24-15-11-9-13(10-12-15)16-17(20(22)25-2)19(21(23)26-3)27-18(16)14-7-5-4-6-8-14/h4-12H,1-3H3. The van der Waals surface area contributed by atoms with E-state index in [0.29, 0.717) is 11.3 Å². The highest BCUT2D eigenvalue weighted by Gasteiger charge is 2.30. The van der Waals surface area contributed by atoms with Gasteiger partial charge >= 0.3 is 11.9 Å². The maximum atomic E-state index is 12.6. The van der Waals surface area contributed by atoms with E-state index in [-0.39, 0.29) is 10.4 Å². The SMILES string of the molecule is COC(=O)c1sc(-c2ccccc2)c(-c2ccc(OC)cc2)c1C(=O)OC. The van der Waals surface area contributed by atoms with Crippen LogP contribution in [0.5, 0.6) is 5.75 Å². The summed E-state index contributed by atoms with van der Waals surface area (Å²) in [6, 6.07) is 16.9. The fraction of sp³-hybridized carbons (Fsp3) is 0.143. The predicted molar refractivity (Wildman–Crippen MR) is 104 cm³/mol. The van der Waals surface area contributed by atoms with E-state index in [0.717, 1.165) is 16.0 Å². The van der Waals surface area contributed by atoms with Gasteiger partial charge in [-0.05, 0) is 23.3 Å². The van der Waals surface area contributed by atoms with Gasteiger partial charge in [-0.1, -0.05) is 42.5 Å². The molecule has 3 rings (SSSR count). The summed E-state index contributed by atoms with van der Waals surface area (Å²) in [6.45, 7) is 0. The zero-order valence-corrected chi connectivity index (χ0v) is 16.0. The van der Waals surface area contributed by atoms with Gasteiger partial charge in [0, 0.05) is 10.4 Å². The van der Waals surface area contributed by atoms with Crippen molar-refractivity contribution in [2.75, 3.05) is 21.3 Å². The largest absolute Gasteiger partial charge is 0.497 e. The number of rotatable bonds is 5. The van der Waals surface area contributed by atoms with Crippen molar-refractivity contribution >= 4 is 23.3 Å². The molecule has 0 fully saturated rings. The van der Waals surface area contributed by atoms with Crippen molar-refractivity contribution in [3.63, 3.8) is 0 Å². The van der Waals surface area contributed by atoms with Crippen molar-refractivity contribution < 1.29 is 23.8 Å². The second-order valence-electron chi connectivity index (χ2n) is 5.59. The van der Waals surface area contributed by atoms with Gasteiger partial charge in [0.1, 0.15) is 10.6 Å². The van der Waals surface area contributed by atoms with Gasteiger partial charge in [-0.3, -0.25) is 0 Å². The maximum Gasteiger partial charge on any atom is 0.348 e. The highest BCUT2D eigenvalue weighted by atomic mass is 32.1. The van der Waals surface area contributed by atoms with Crippen LogP contribution in [0.1, 0.15) is 20.0 Å². The lowest BCUT2D eigenvalue weighted by molar-refractivity contribution is 0.0561. The van der Waals surface area contributed by atoms with Crippen molar-refractivity contribution in [1.82, 2.24) is 0 Å². The molecule has 1 heterocycles. The molecule has 0 atom stereocenters. The molecule has 3 aromatic rings. The topological polar surface area (TPSA) is 61.8 Å². The highest BCUT2D eigenvalue weighted by Crippen LogP contribution is 2.44. The minimum Gasteiger partial charge on any atom is -0.497 e. The van der Waals surface area contributed by atoms with E-state index in [1.54, 1.807) is 19.2 Å². The molecule has 0 saturated carbocycles. The number of thiophene rings is 1. The van der Waals surface area contributed by atoms with Gasteiger partial charge < -0.3 is 14.2 Å². The van der Waals surface area contributed by atoms with Gasteiger partial charge in [0.2, 0.25) is 0 Å². The number of benzene rings is 2. The molecule has 27 heavy (non-hydrogen) atoms. The molecule has 5 nitrogen and oxygen atoms in total. The van der Waals surface area contributed by atoms with Gasteiger partial charge in [0.05, 0.1) is 26.9 Å². The maximum absolute atomic E-state index is 12.6. The van der Waals surface area contributed by atoms with Crippen molar-refractivity contribution in [2.45, 2.75) is 0 Å². The molecular formula is C21H18O5S. The number of esters is 2. The molecule has 0 amide bonds. The smallest absolute Gasteiger partial charge is 0.348 e. The quantitative estimate of drug-likeness (QED) is 0.601. The van der Waals surface area contributed by atoms with E-state index in [1.807, 2.05) is 42.5 Å². The van der Waals surface area contributed by atoms with E-state index < -0.39 is 11.9 Å². The zero-order valence-electron chi connectivity index (χ0n) is 15.1. The van der Waals surface area contributed by atoms with Crippen molar-refractivity contribution in [3.05, 3.63) is 65.0 Å². The van der Waals surface area contributed by atoms with Crippen LogP contribution in [-0.2, 0) is 9.47 Å². The fourth-order valence-electron chi connectivity index (χ4n) is 2.79. The van der Waals surface area contributed by atoms with Crippen LogP contribution in [0.3, 0.4) is 0 Å². The summed E-state index contributed by atoms with van der Waals surface area (Å²) in [5, 5.41) is 0. The number of carbonyl (C=O) groups excluding carboxylic acids is 2. The van der Waals surface area contributed by atoms with Crippen molar-refractivity contribution in [3.8, 4) is 27.3 Å². The van der Waals surface area contributed by atoms with Crippen LogP contribution < -0.4 is 4.74 Å². The average Bonchev–Trinajstić information content (AvgIpc) is 3.14. The van der Waals surface area contributed by atoms with Crippen LogP contribution in [-0.4, -0.2) is 33.3 Å². The van der Waals surface area contributed by atoms with Gasteiger partial charge in [-0.15, -0.1) is 11.3 Å². The van der Waals surface area contributed by atoms with Crippen molar-refractivity contribution in [1.29, 1.82) is 0 Å². The number of hydrogen-bond donors (Lipinski definition) is 0. The molecular weight excluding hydrogens is 364 g/mol. The molecule has 0 aliphatic rings. The Morgan fingerprint density at radius 2 is 1.41 bits per heavy atom. The summed E-state index contributed by atoms with van der Waals surface area (Å²) in [6.07, 6.45) is 0. The third-order valence-electron chi connectivity index (χ3n) is 4.08. The van der Waals surface area contributed by atoms with Gasteiger partial charge in [-0.2, -0.15) is 0 Å². The lowest BCUT2D eigenvalue weighted by Gasteiger charge is -2.09. The first-order valence-corrected chi connectivity index (χ1v) is 8.95. The predicted octanol–water partition coefficient (Wildman–Crippen LogP) is 4.66. The molecule has 0 radical (unpaired) electrons. The van der Waals surface area contributed by atoms with E-state index in [4.69, 9.17) is 14.2 Å². The number of carbonyl (C=O) groups is 2. The number of hydrogen-bond acceptors (Lipinski definition) is 6. The first-order valence-electron chi connectivity index (χ1n) is 8.14. The van der Waals surface area contributed by atoms with Crippen LogP contribution in [0, 0.1) is 0 Å². The molecule has 2 aromatic carbocycles. The van der Waals surface area contributed by atoms with Crippen LogP contribution >= 0.6 is 11.3 Å². The first kappa shape index (κ1) is 18.7. The summed E-state index contributed by atoms with van der Waals surface area (Å²) in [5.41, 5.74) is 2.52. The molecule has 0 N–H and O–H groups in total. The molecule has 0 aliphatic carbocycles. The molecule has 138 valence electrons. The molecule has 0 saturated heterocycles. The molecule has 0 unspecified atom stereocenters. The molecule has 0 spiro atoms. The third-order valence-corrected chi connectivity index (χ3v) is 5.30. The summed E-state index contributed by atoms with van der Waals surface area (Å²) in [5.74, 6) is -0.458. The Morgan fingerprint density at radius 1 is 0.778 bits per heavy atom. The normalized spacial score (nSPS) is 10.3. The van der Waals surface area contributed by atoms with Crippen LogP contribution in [0.4, 0.5) is 0 Å². The van der Waals surface area contributed by atoms with Gasteiger partial charge in [0.15, 0.2) is 0 Å². The lowest BCUT2D eigenvalue weighted by Crippen LogP contribution is -2.09. The first-order chi connectivity index (χ1) is 13.1. The number of methoxy groups -OCH3 is 3. The fourth-order valence-corrected chi connectivity index (χ4v) is 4.02. The lowest BCUT2D eigenvalue weighted by atomic mass is 9.97. The summed E-state index contributed by atoms with van der Waals surface area (Å²) in [4.78, 5) is 25.9. The van der Waals surface area contributed by atoms with Crippen LogP contribution in [0.15, 0.2) is 54.6 Å². The second kappa shape index (κ2) is 8.05. The Hall–Kier alpha value is -3.12. The van der Waals surface area contributed by atoms with Crippen LogP contribution in [0.25, 0.3) is 21.6 Å². The summed E-state index contributed by atoms with van der Waals surface area (Å²) in [7, 11) is 4.17. The highest BCUT2D eigenvalue weighted by molar-refractivity contribution is 7.18. The summed E-state index contributed by atoms with van der Waals surface area (Å²) >= 11 is 1.21. The Balaban J connectivity index is 2.33. The monoisotopic (exact) mass is 382 g/mol. The van der Waals surface area contributed by atoms with Crippen LogP contribution in [0.2, 0.25) is 0 Å². The van der Waals surface area contributed by atoms with E-state index in [1.165, 1.54) is 25.6 Å². The average molecular weight is 382 g/mol. The minimum atomic E-state index is -0.584. The Labute approximate surface area is 161 Å².